The van der Waals surface area contributed by atoms with Crippen molar-refractivity contribution in [2.24, 2.45) is 10.7 Å². The Morgan fingerprint density at radius 2 is 1.91 bits per heavy atom. The van der Waals surface area contributed by atoms with E-state index >= 15 is 0 Å². The second-order valence-corrected chi connectivity index (χ2v) is 8.00. The number of hydrogen-bond donors (Lipinski definition) is 2. The molecule has 3 N–H and O–H groups in total. The maximum Gasteiger partial charge on any atom is 0.318 e. The lowest BCUT2D eigenvalue weighted by molar-refractivity contribution is -0.630. The highest BCUT2D eigenvalue weighted by Crippen LogP contribution is 2.35. The third kappa shape index (κ3) is 3.84. The Bertz CT molecular complexity index is 1340. The number of aliphatic hydroxyl groups excluding tert-OH is 1. The molecule has 0 amide bonds. The van der Waals surface area contributed by atoms with Crippen LogP contribution in [-0.2, 0) is 13.2 Å². The number of benzene rings is 1. The lowest BCUT2D eigenvalue weighted by Crippen LogP contribution is -2.44. The number of aromatic nitrogens is 2. The first-order valence-corrected chi connectivity index (χ1v) is 10.6. The number of fused-ring (bicyclic) bond motifs is 1. The maximum absolute atomic E-state index is 13.6. The van der Waals surface area contributed by atoms with Crippen molar-refractivity contribution in [2.45, 2.75) is 20.1 Å². The SMILES string of the molecule is Cc1cc(C2=C(c3ccccc3)N=C(N)N3CN(Cc4ccc(F)cn4)[N+]([O-])=C23)cc(CO)n1. The first-order chi connectivity index (χ1) is 16.4. The molecule has 0 atom stereocenters. The standard InChI is InChI=1S/C24H22FN7O2/c1-15-9-17(10-20(13-33)28-15)21-22(16-5-3-2-4-6-16)29-24(26)31-14-30(32(34)23(21)31)12-19-8-7-18(25)11-27-19/h2-11,33H,12-14H2,1H3,(H2,26,29). The van der Waals surface area contributed by atoms with E-state index in [4.69, 9.17) is 5.73 Å². The summed E-state index contributed by atoms with van der Waals surface area (Å²) in [5.74, 6) is 0.0434. The molecule has 172 valence electrons. The zero-order valence-electron chi connectivity index (χ0n) is 18.4. The van der Waals surface area contributed by atoms with Gasteiger partial charge in [-0.05, 0) is 36.8 Å². The van der Waals surface area contributed by atoms with Crippen molar-refractivity contribution in [3.05, 3.63) is 100 Å². The van der Waals surface area contributed by atoms with Crippen molar-refractivity contribution in [2.75, 3.05) is 6.67 Å². The topological polar surface area (TPSA) is 117 Å². The lowest BCUT2D eigenvalue weighted by Gasteiger charge is -2.22. The number of hydrazone groups is 1. The third-order valence-electron chi connectivity index (χ3n) is 5.60. The summed E-state index contributed by atoms with van der Waals surface area (Å²) in [6, 6.07) is 15.9. The fourth-order valence-electron chi connectivity index (χ4n) is 4.11. The first-order valence-electron chi connectivity index (χ1n) is 10.6. The van der Waals surface area contributed by atoms with Crippen LogP contribution >= 0.6 is 0 Å². The Hall–Kier alpha value is -4.31. The van der Waals surface area contributed by atoms with Crippen LogP contribution in [-0.4, -0.2) is 48.3 Å². The largest absolute Gasteiger partial charge is 0.692 e. The molecule has 0 unspecified atom stereocenters. The summed E-state index contributed by atoms with van der Waals surface area (Å²) in [6.45, 7) is 1.89. The maximum atomic E-state index is 13.6. The number of aryl methyl sites for hydroxylation is 1. The van der Waals surface area contributed by atoms with Gasteiger partial charge < -0.3 is 16.0 Å². The number of aliphatic imine (C=N–C) groups is 1. The van der Waals surface area contributed by atoms with Crippen LogP contribution in [0.1, 0.15) is 28.2 Å². The highest BCUT2D eigenvalue weighted by Gasteiger charge is 2.44. The zero-order valence-corrected chi connectivity index (χ0v) is 18.4. The van der Waals surface area contributed by atoms with Gasteiger partial charge in [0.1, 0.15) is 17.9 Å². The Morgan fingerprint density at radius 3 is 2.62 bits per heavy atom. The van der Waals surface area contributed by atoms with Crippen LogP contribution in [0, 0.1) is 17.9 Å². The number of hydrazine groups is 1. The van der Waals surface area contributed by atoms with Crippen LogP contribution in [0.3, 0.4) is 0 Å². The van der Waals surface area contributed by atoms with Crippen LogP contribution < -0.4 is 5.73 Å². The first kappa shape index (κ1) is 21.5. The Kier molecular flexibility index (Phi) is 5.42. The van der Waals surface area contributed by atoms with Crippen LogP contribution in [0.15, 0.2) is 65.8 Å². The van der Waals surface area contributed by atoms with Gasteiger partial charge in [0.2, 0.25) is 0 Å². The minimum Gasteiger partial charge on any atom is -0.692 e. The number of rotatable bonds is 5. The van der Waals surface area contributed by atoms with Gasteiger partial charge >= 0.3 is 5.84 Å². The summed E-state index contributed by atoms with van der Waals surface area (Å²) in [5.41, 5.74) is 10.6. The zero-order chi connectivity index (χ0) is 23.8. The van der Waals surface area contributed by atoms with Gasteiger partial charge in [-0.15, -0.1) is 0 Å². The predicted molar refractivity (Wildman–Crippen MR) is 125 cm³/mol. The van der Waals surface area contributed by atoms with Crippen molar-refractivity contribution in [1.82, 2.24) is 19.9 Å². The summed E-state index contributed by atoms with van der Waals surface area (Å²) in [7, 11) is 0. The molecule has 0 aliphatic carbocycles. The second kappa shape index (κ2) is 8.56. The van der Waals surface area contributed by atoms with E-state index in [9.17, 15) is 14.7 Å². The minimum absolute atomic E-state index is 0.149. The molecule has 1 aromatic carbocycles. The monoisotopic (exact) mass is 459 g/mol. The van der Waals surface area contributed by atoms with Gasteiger partial charge in [0, 0.05) is 11.3 Å². The van der Waals surface area contributed by atoms with E-state index in [1.807, 2.05) is 43.3 Å². The molecular formula is C24H22FN7O2. The molecule has 0 spiro atoms. The molecular weight excluding hydrogens is 437 g/mol. The molecule has 5 rings (SSSR count). The minimum atomic E-state index is -0.446. The number of nitrogens with zero attached hydrogens (tertiary/aromatic N) is 6. The molecule has 0 radical (unpaired) electrons. The average molecular weight is 459 g/mol. The molecule has 0 fully saturated rings. The number of hydrogen-bond acceptors (Lipinski definition) is 8. The Balaban J connectivity index is 1.69. The number of aliphatic hydroxyl groups is 1. The molecule has 3 aromatic rings. The number of pyridine rings is 2. The normalized spacial score (nSPS) is 15.7. The molecule has 10 heteroatoms. The molecule has 0 saturated carbocycles. The summed E-state index contributed by atoms with van der Waals surface area (Å²) >= 11 is 0. The third-order valence-corrected chi connectivity index (χ3v) is 5.60. The van der Waals surface area contributed by atoms with E-state index in [-0.39, 0.29) is 25.8 Å². The highest BCUT2D eigenvalue weighted by atomic mass is 19.1. The smallest absolute Gasteiger partial charge is 0.318 e. The summed E-state index contributed by atoms with van der Waals surface area (Å²) in [5, 5.41) is 24.8. The van der Waals surface area contributed by atoms with E-state index in [1.165, 1.54) is 17.1 Å². The molecule has 0 bridgehead atoms. The molecule has 4 heterocycles. The van der Waals surface area contributed by atoms with E-state index in [0.29, 0.717) is 39.8 Å². The average Bonchev–Trinajstić information content (AvgIpc) is 3.17. The molecule has 2 aromatic heterocycles. The van der Waals surface area contributed by atoms with Crippen molar-refractivity contribution < 1.29 is 14.3 Å². The van der Waals surface area contributed by atoms with Gasteiger partial charge in [0.25, 0.3) is 5.96 Å². The van der Waals surface area contributed by atoms with Crippen LogP contribution in [0.25, 0.3) is 11.3 Å². The summed E-state index contributed by atoms with van der Waals surface area (Å²) < 4.78 is 13.3. The van der Waals surface area contributed by atoms with Gasteiger partial charge in [-0.25, -0.2) is 4.39 Å². The lowest BCUT2D eigenvalue weighted by atomic mass is 9.96. The summed E-state index contributed by atoms with van der Waals surface area (Å²) in [4.78, 5) is 15.5. The van der Waals surface area contributed by atoms with Gasteiger partial charge in [0.05, 0.1) is 29.9 Å². The van der Waals surface area contributed by atoms with Crippen LogP contribution in [0.4, 0.5) is 4.39 Å². The quantitative estimate of drug-likeness (QED) is 0.444. The number of halogens is 1. The van der Waals surface area contributed by atoms with Gasteiger partial charge in [0.15, 0.2) is 6.67 Å². The van der Waals surface area contributed by atoms with E-state index in [2.05, 4.69) is 15.0 Å². The molecule has 2 aliphatic rings. The molecule has 9 nitrogen and oxygen atoms in total. The molecule has 0 saturated heterocycles. The highest BCUT2D eigenvalue weighted by molar-refractivity contribution is 6.33. The molecule has 34 heavy (non-hydrogen) atoms. The number of amidine groups is 1. The van der Waals surface area contributed by atoms with Crippen molar-refractivity contribution in [3.63, 3.8) is 0 Å². The van der Waals surface area contributed by atoms with Crippen LogP contribution in [0.5, 0.6) is 0 Å². The van der Waals surface area contributed by atoms with Crippen molar-refractivity contribution >= 4 is 23.1 Å². The summed E-state index contributed by atoms with van der Waals surface area (Å²) in [6.07, 6.45) is 1.12. The van der Waals surface area contributed by atoms with Gasteiger partial charge in [-0.2, -0.15) is 19.7 Å². The van der Waals surface area contributed by atoms with Crippen molar-refractivity contribution in [1.29, 1.82) is 0 Å². The fraction of sp³-hybridized carbons (Fsp3) is 0.167. The van der Waals surface area contributed by atoms with Crippen molar-refractivity contribution in [3.8, 4) is 0 Å². The van der Waals surface area contributed by atoms with Gasteiger partial charge in [-0.3, -0.25) is 9.97 Å². The van der Waals surface area contributed by atoms with Crippen LogP contribution in [0.2, 0.25) is 0 Å². The number of nitrogens with two attached hydrogens (primary N) is 1. The molecule has 2 aliphatic heterocycles. The van der Waals surface area contributed by atoms with E-state index in [1.54, 1.807) is 11.0 Å². The van der Waals surface area contributed by atoms with E-state index < -0.39 is 5.82 Å². The van der Waals surface area contributed by atoms with E-state index in [0.717, 1.165) is 16.6 Å². The fourth-order valence-corrected chi connectivity index (χ4v) is 4.11. The Labute approximate surface area is 195 Å². The Morgan fingerprint density at radius 1 is 1.12 bits per heavy atom. The predicted octanol–water partition coefficient (Wildman–Crippen LogP) is 2.21. The van der Waals surface area contributed by atoms with Gasteiger partial charge in [-0.1, -0.05) is 30.3 Å². The second-order valence-electron chi connectivity index (χ2n) is 8.00. The number of guanidine groups is 1.